The summed E-state index contributed by atoms with van der Waals surface area (Å²) in [4.78, 5) is 12.3. The highest BCUT2D eigenvalue weighted by Gasteiger charge is 2.23. The number of nitrogens with zero attached hydrogens (tertiary/aromatic N) is 2. The van der Waals surface area contributed by atoms with Crippen molar-refractivity contribution in [2.24, 2.45) is 0 Å². The van der Waals surface area contributed by atoms with Crippen LogP contribution in [0.15, 0.2) is 71.2 Å². The molecule has 39 heavy (non-hydrogen) atoms. The van der Waals surface area contributed by atoms with E-state index in [1.54, 1.807) is 6.07 Å². The predicted molar refractivity (Wildman–Crippen MR) is 138 cm³/mol. The Hall–Kier alpha value is -3.40. The van der Waals surface area contributed by atoms with Crippen LogP contribution >= 0.6 is 18.9 Å². The lowest BCUT2D eigenvalue weighted by Gasteiger charge is -2.24. The third kappa shape index (κ3) is 7.59. The number of ether oxygens (including phenoxy) is 1. The van der Waals surface area contributed by atoms with Gasteiger partial charge >= 0.3 is 0 Å². The second-order valence-corrected chi connectivity index (χ2v) is 13.1. The summed E-state index contributed by atoms with van der Waals surface area (Å²) in [5.41, 5.74) is -0.309. The molecule has 204 valence electrons. The molecule has 14 heteroatoms. The molecule has 0 aliphatic carbocycles. The van der Waals surface area contributed by atoms with E-state index < -0.39 is 41.3 Å². The summed E-state index contributed by atoms with van der Waals surface area (Å²) in [6.07, 6.45) is 4.35. The number of pyridine rings is 1. The molecule has 4 rings (SSSR count). The minimum Gasteiger partial charge on any atom is -0.768 e. The van der Waals surface area contributed by atoms with Crippen molar-refractivity contribution in [1.29, 1.82) is 5.26 Å². The first-order valence-corrected chi connectivity index (χ1v) is 15.6. The predicted octanol–water partition coefficient (Wildman–Crippen LogP) is 4.07. The molecule has 0 saturated heterocycles. The number of unbranched alkanes of at least 4 members (excludes halogenated alkanes) is 1. The highest BCUT2D eigenvalue weighted by molar-refractivity contribution is 7.92. The lowest BCUT2D eigenvalue weighted by molar-refractivity contribution is -0.697. The minimum atomic E-state index is -4.85. The maximum absolute atomic E-state index is 14.7. The fourth-order valence-corrected chi connectivity index (χ4v) is 7.40. The van der Waals surface area contributed by atoms with Gasteiger partial charge in [-0.1, -0.05) is 6.07 Å². The molecule has 0 aliphatic rings. The quantitative estimate of drug-likeness (QED) is 0.149. The van der Waals surface area contributed by atoms with Crippen LogP contribution in [0.5, 0.6) is 11.5 Å². The molecule has 0 bridgehead atoms. The van der Waals surface area contributed by atoms with Gasteiger partial charge in [0.2, 0.25) is 0 Å². The number of fused-ring (bicyclic) bond motifs is 1. The summed E-state index contributed by atoms with van der Waals surface area (Å²) >= 11 is 0.633. The number of nitriles is 1. The molecule has 2 aromatic carbocycles. The van der Waals surface area contributed by atoms with E-state index >= 15 is 0 Å². The minimum absolute atomic E-state index is 0.0674. The van der Waals surface area contributed by atoms with Crippen LogP contribution in [0.3, 0.4) is 0 Å². The van der Waals surface area contributed by atoms with Crippen LogP contribution < -0.4 is 23.4 Å². The van der Waals surface area contributed by atoms with Crippen LogP contribution in [-0.2, 0) is 21.1 Å². The molecule has 1 atom stereocenters. The zero-order valence-electron chi connectivity index (χ0n) is 20.2. The summed E-state index contributed by atoms with van der Waals surface area (Å²) < 4.78 is 80.2. The van der Waals surface area contributed by atoms with E-state index in [4.69, 9.17) is 14.5 Å². The highest BCUT2D eigenvalue weighted by Crippen LogP contribution is 2.39. The average molecular weight is 594 g/mol. The normalized spacial score (nSPS) is 13.1. The maximum atomic E-state index is 14.7. The Balaban J connectivity index is 1.37. The Morgan fingerprint density at radius 2 is 1.79 bits per heavy atom. The molecule has 4 aromatic rings. The number of aryl methyl sites for hydroxylation is 1. The van der Waals surface area contributed by atoms with Crippen molar-refractivity contribution in [3.05, 3.63) is 84.2 Å². The molecule has 0 spiro atoms. The Morgan fingerprint density at radius 1 is 1.05 bits per heavy atom. The smallest absolute Gasteiger partial charge is 0.250 e. The summed E-state index contributed by atoms with van der Waals surface area (Å²) in [5, 5.41) is 9.03. The van der Waals surface area contributed by atoms with Gasteiger partial charge in [0, 0.05) is 36.1 Å². The van der Waals surface area contributed by atoms with Gasteiger partial charge in [0.25, 0.3) is 10.0 Å². The lowest BCUT2D eigenvalue weighted by atomic mass is 10.2. The largest absolute Gasteiger partial charge is 0.768 e. The molecule has 2 aromatic heterocycles. The van der Waals surface area contributed by atoms with Gasteiger partial charge in [-0.2, -0.15) is 5.26 Å². The summed E-state index contributed by atoms with van der Waals surface area (Å²) in [7, 11) is -9.20. The topological polar surface area (TPSA) is 132 Å². The van der Waals surface area contributed by atoms with E-state index in [2.05, 4.69) is 0 Å². The van der Waals surface area contributed by atoms with Gasteiger partial charge in [-0.15, -0.1) is 11.3 Å². The molecule has 0 saturated carbocycles. The SMILES string of the molecule is N#Cc1ccc(OP(=O)([O-])CNS(=O)(=O)c2cc3cc(OCCCC[n+]4ccccc4)cc(F)c3s2)cc1F. The monoisotopic (exact) mass is 593 g/mol. The molecular formula is C25H22F2N3O6PS2. The first-order chi connectivity index (χ1) is 18.6. The molecule has 0 amide bonds. The second kappa shape index (κ2) is 12.2. The lowest BCUT2D eigenvalue weighted by Crippen LogP contribution is -2.32. The molecule has 0 aliphatic heterocycles. The summed E-state index contributed by atoms with van der Waals surface area (Å²) in [6.45, 7) is 1.15. The van der Waals surface area contributed by atoms with Gasteiger partial charge in [-0.05, 0) is 30.7 Å². The van der Waals surface area contributed by atoms with Crippen molar-refractivity contribution in [1.82, 2.24) is 4.72 Å². The van der Waals surface area contributed by atoms with Crippen LogP contribution in [-0.4, -0.2) is 21.3 Å². The van der Waals surface area contributed by atoms with E-state index in [0.29, 0.717) is 24.0 Å². The number of rotatable bonds is 12. The number of halogens is 2. The van der Waals surface area contributed by atoms with Crippen molar-refractivity contribution in [2.45, 2.75) is 23.6 Å². The fourth-order valence-electron chi connectivity index (χ4n) is 3.52. The zero-order chi connectivity index (χ0) is 28.0. The van der Waals surface area contributed by atoms with Gasteiger partial charge in [0.05, 0.1) is 23.2 Å². The van der Waals surface area contributed by atoms with Crippen LogP contribution in [0.4, 0.5) is 8.78 Å². The molecule has 2 heterocycles. The van der Waals surface area contributed by atoms with E-state index in [0.717, 1.165) is 31.5 Å². The average Bonchev–Trinajstić information content (AvgIpc) is 3.34. The van der Waals surface area contributed by atoms with Crippen molar-refractivity contribution < 1.29 is 40.5 Å². The van der Waals surface area contributed by atoms with Crippen LogP contribution in [0, 0.1) is 23.0 Å². The second-order valence-electron chi connectivity index (χ2n) is 8.32. The van der Waals surface area contributed by atoms with Crippen molar-refractivity contribution in [3.63, 3.8) is 0 Å². The van der Waals surface area contributed by atoms with Crippen molar-refractivity contribution >= 4 is 39.0 Å². The molecule has 9 nitrogen and oxygen atoms in total. The molecular weight excluding hydrogens is 571 g/mol. The Bertz CT molecular complexity index is 1680. The Morgan fingerprint density at radius 3 is 2.51 bits per heavy atom. The highest BCUT2D eigenvalue weighted by atomic mass is 32.2. The standard InChI is InChI=1S/C25H22F2N3O6PS2/c26-22-14-20(7-6-18(22)16-28)36-37(31,32)17-29-39(33,34)24-13-19-12-21(15-23(27)25(19)38-24)35-11-5-4-10-30-8-2-1-3-9-30/h1-3,6-9,12-15,29H,4-5,10-11,17H2. The molecule has 0 fully saturated rings. The maximum Gasteiger partial charge on any atom is 0.250 e. The third-order valence-corrected chi connectivity index (χ3v) is 9.68. The van der Waals surface area contributed by atoms with Gasteiger partial charge in [-0.3, -0.25) is 4.57 Å². The first-order valence-electron chi connectivity index (χ1n) is 11.6. The van der Waals surface area contributed by atoms with E-state index in [9.17, 15) is 26.7 Å². The van der Waals surface area contributed by atoms with Gasteiger partial charge in [-0.25, -0.2) is 26.5 Å². The summed E-state index contributed by atoms with van der Waals surface area (Å²) in [6, 6.07) is 14.1. The Labute approximate surface area is 227 Å². The number of thiophene rings is 1. The van der Waals surface area contributed by atoms with E-state index in [1.807, 2.05) is 39.9 Å². The van der Waals surface area contributed by atoms with Gasteiger partial charge in [0.1, 0.15) is 40.0 Å². The first kappa shape index (κ1) is 28.6. The fraction of sp³-hybridized carbons (Fsp3) is 0.200. The van der Waals surface area contributed by atoms with Gasteiger partial charge in [0.15, 0.2) is 20.0 Å². The van der Waals surface area contributed by atoms with Crippen LogP contribution in [0.2, 0.25) is 0 Å². The number of sulfonamides is 1. The van der Waals surface area contributed by atoms with Crippen molar-refractivity contribution in [3.8, 4) is 17.6 Å². The number of benzene rings is 2. The zero-order valence-corrected chi connectivity index (χ0v) is 22.8. The third-order valence-electron chi connectivity index (χ3n) is 5.40. The Kier molecular flexibility index (Phi) is 8.94. The van der Waals surface area contributed by atoms with Gasteiger partial charge < -0.3 is 14.2 Å². The van der Waals surface area contributed by atoms with E-state index in [-0.39, 0.29) is 25.6 Å². The van der Waals surface area contributed by atoms with Crippen LogP contribution in [0.1, 0.15) is 18.4 Å². The molecule has 0 radical (unpaired) electrons. The number of hydrogen-bond acceptors (Lipinski definition) is 8. The molecule has 1 N–H and O–H groups in total. The number of aromatic nitrogens is 1. The number of nitrogens with one attached hydrogen (secondary N) is 1. The van der Waals surface area contributed by atoms with E-state index in [1.165, 1.54) is 18.2 Å². The number of hydrogen-bond donors (Lipinski definition) is 1. The summed E-state index contributed by atoms with van der Waals surface area (Å²) in [5.74, 6) is -1.83. The molecule has 1 unspecified atom stereocenters. The van der Waals surface area contributed by atoms with Crippen LogP contribution in [0.25, 0.3) is 10.1 Å². The van der Waals surface area contributed by atoms with Crippen molar-refractivity contribution in [2.75, 3.05) is 12.9 Å².